The summed E-state index contributed by atoms with van der Waals surface area (Å²) in [7, 11) is 0. The third-order valence-electron chi connectivity index (χ3n) is 2.12. The Balaban J connectivity index is 2.42. The SMILES string of the molecule is CC1(C)CC[C@@H](C(=O)O)CO1. The normalized spacial score (nSPS) is 29.8. The van der Waals surface area contributed by atoms with Crippen LogP contribution >= 0.6 is 0 Å². The van der Waals surface area contributed by atoms with Gasteiger partial charge >= 0.3 is 5.97 Å². The van der Waals surface area contributed by atoms with Crippen LogP contribution in [0.4, 0.5) is 0 Å². The summed E-state index contributed by atoms with van der Waals surface area (Å²) in [4.78, 5) is 10.5. The molecule has 1 heterocycles. The lowest BCUT2D eigenvalue weighted by Crippen LogP contribution is -2.36. The molecule has 11 heavy (non-hydrogen) atoms. The van der Waals surface area contributed by atoms with Crippen molar-refractivity contribution in [1.29, 1.82) is 0 Å². The molecular weight excluding hydrogens is 144 g/mol. The van der Waals surface area contributed by atoms with Crippen molar-refractivity contribution >= 4 is 5.97 Å². The molecule has 0 aromatic rings. The lowest BCUT2D eigenvalue weighted by atomic mass is 9.92. The van der Waals surface area contributed by atoms with Crippen LogP contribution in [0.1, 0.15) is 26.7 Å². The van der Waals surface area contributed by atoms with Crippen molar-refractivity contribution in [3.63, 3.8) is 0 Å². The van der Waals surface area contributed by atoms with Gasteiger partial charge in [0.1, 0.15) is 0 Å². The lowest BCUT2D eigenvalue weighted by molar-refractivity contribution is -0.152. The third kappa shape index (κ3) is 2.19. The van der Waals surface area contributed by atoms with Crippen molar-refractivity contribution in [3.8, 4) is 0 Å². The Morgan fingerprint density at radius 1 is 1.64 bits per heavy atom. The summed E-state index contributed by atoms with van der Waals surface area (Å²) in [5, 5.41) is 8.63. The molecule has 1 aliphatic heterocycles. The molecule has 0 spiro atoms. The zero-order valence-corrected chi connectivity index (χ0v) is 6.96. The van der Waals surface area contributed by atoms with Crippen LogP contribution in [0.5, 0.6) is 0 Å². The maximum absolute atomic E-state index is 10.5. The first kappa shape index (κ1) is 8.53. The number of ether oxygens (including phenoxy) is 1. The van der Waals surface area contributed by atoms with Crippen LogP contribution < -0.4 is 0 Å². The first-order valence-corrected chi connectivity index (χ1v) is 3.88. The minimum Gasteiger partial charge on any atom is -0.481 e. The Morgan fingerprint density at radius 3 is 2.64 bits per heavy atom. The summed E-state index contributed by atoms with van der Waals surface area (Å²) < 4.78 is 5.36. The van der Waals surface area contributed by atoms with E-state index in [2.05, 4.69) is 0 Å². The zero-order chi connectivity index (χ0) is 8.48. The molecule has 1 fully saturated rings. The van der Waals surface area contributed by atoms with E-state index in [-0.39, 0.29) is 11.5 Å². The predicted octanol–water partition coefficient (Wildman–Crippen LogP) is 1.28. The van der Waals surface area contributed by atoms with E-state index in [1.54, 1.807) is 0 Å². The molecule has 0 aromatic carbocycles. The van der Waals surface area contributed by atoms with Gasteiger partial charge in [-0.15, -0.1) is 0 Å². The van der Waals surface area contributed by atoms with Crippen molar-refractivity contribution in [2.24, 2.45) is 5.92 Å². The van der Waals surface area contributed by atoms with Gasteiger partial charge in [0.2, 0.25) is 0 Å². The third-order valence-corrected chi connectivity index (χ3v) is 2.12. The molecule has 0 saturated carbocycles. The van der Waals surface area contributed by atoms with Gasteiger partial charge in [-0.3, -0.25) is 4.79 Å². The number of hydrogen-bond donors (Lipinski definition) is 1. The average molecular weight is 158 g/mol. The van der Waals surface area contributed by atoms with Gasteiger partial charge in [-0.25, -0.2) is 0 Å². The number of rotatable bonds is 1. The van der Waals surface area contributed by atoms with Crippen LogP contribution in [-0.4, -0.2) is 23.3 Å². The fourth-order valence-electron chi connectivity index (χ4n) is 1.20. The van der Waals surface area contributed by atoms with Crippen LogP contribution in [0.2, 0.25) is 0 Å². The summed E-state index contributed by atoms with van der Waals surface area (Å²) in [6.45, 7) is 4.35. The van der Waals surface area contributed by atoms with Crippen molar-refractivity contribution in [2.45, 2.75) is 32.3 Å². The average Bonchev–Trinajstić information content (AvgIpc) is 1.86. The highest BCUT2D eigenvalue weighted by Crippen LogP contribution is 2.26. The Kier molecular flexibility index (Phi) is 2.18. The Morgan fingerprint density at radius 2 is 2.27 bits per heavy atom. The summed E-state index contributed by atoms with van der Waals surface area (Å²) >= 11 is 0. The Labute approximate surface area is 66.4 Å². The van der Waals surface area contributed by atoms with Gasteiger partial charge in [-0.05, 0) is 26.7 Å². The monoisotopic (exact) mass is 158 g/mol. The highest BCUT2D eigenvalue weighted by Gasteiger charge is 2.30. The van der Waals surface area contributed by atoms with E-state index in [1.807, 2.05) is 13.8 Å². The molecule has 0 unspecified atom stereocenters. The van der Waals surface area contributed by atoms with Crippen LogP contribution in [0.25, 0.3) is 0 Å². The van der Waals surface area contributed by atoms with Gasteiger partial charge in [0, 0.05) is 0 Å². The van der Waals surface area contributed by atoms with Crippen molar-refractivity contribution in [1.82, 2.24) is 0 Å². The number of carboxylic acid groups (broad SMARTS) is 1. The topological polar surface area (TPSA) is 46.5 Å². The fourth-order valence-corrected chi connectivity index (χ4v) is 1.20. The van der Waals surface area contributed by atoms with E-state index in [4.69, 9.17) is 9.84 Å². The molecule has 3 nitrogen and oxygen atoms in total. The lowest BCUT2D eigenvalue weighted by Gasteiger charge is -2.32. The maximum Gasteiger partial charge on any atom is 0.308 e. The van der Waals surface area contributed by atoms with Crippen LogP contribution in [0.3, 0.4) is 0 Å². The Bertz CT molecular complexity index is 153. The molecule has 1 aliphatic rings. The molecule has 1 saturated heterocycles. The van der Waals surface area contributed by atoms with E-state index in [9.17, 15) is 4.79 Å². The second-order valence-corrected chi connectivity index (χ2v) is 3.64. The van der Waals surface area contributed by atoms with Gasteiger partial charge < -0.3 is 9.84 Å². The molecule has 0 bridgehead atoms. The smallest absolute Gasteiger partial charge is 0.308 e. The number of carbonyl (C=O) groups is 1. The molecule has 1 N–H and O–H groups in total. The molecule has 3 heteroatoms. The van der Waals surface area contributed by atoms with Crippen LogP contribution in [-0.2, 0) is 9.53 Å². The molecule has 64 valence electrons. The second-order valence-electron chi connectivity index (χ2n) is 3.64. The molecule has 1 atom stereocenters. The Hall–Kier alpha value is -0.570. The molecule has 0 aliphatic carbocycles. The molecule has 0 amide bonds. The molecule has 1 rings (SSSR count). The molecular formula is C8H14O3. The zero-order valence-electron chi connectivity index (χ0n) is 6.96. The number of aliphatic carboxylic acids is 1. The van der Waals surface area contributed by atoms with E-state index >= 15 is 0 Å². The summed E-state index contributed by atoms with van der Waals surface area (Å²) in [5.74, 6) is -1.02. The quantitative estimate of drug-likeness (QED) is 0.625. The summed E-state index contributed by atoms with van der Waals surface area (Å²) in [6, 6.07) is 0. The molecule has 0 aromatic heterocycles. The van der Waals surface area contributed by atoms with Gasteiger partial charge in [0.25, 0.3) is 0 Å². The van der Waals surface area contributed by atoms with Crippen LogP contribution in [0.15, 0.2) is 0 Å². The number of hydrogen-bond acceptors (Lipinski definition) is 2. The van der Waals surface area contributed by atoms with Gasteiger partial charge in [0.05, 0.1) is 18.1 Å². The van der Waals surface area contributed by atoms with Crippen molar-refractivity contribution in [2.75, 3.05) is 6.61 Å². The highest BCUT2D eigenvalue weighted by atomic mass is 16.5. The number of carboxylic acids is 1. The highest BCUT2D eigenvalue weighted by molar-refractivity contribution is 5.70. The fraction of sp³-hybridized carbons (Fsp3) is 0.875. The van der Waals surface area contributed by atoms with E-state index in [0.29, 0.717) is 6.61 Å². The van der Waals surface area contributed by atoms with Gasteiger partial charge in [-0.1, -0.05) is 0 Å². The van der Waals surface area contributed by atoms with Crippen LogP contribution in [0, 0.1) is 5.92 Å². The van der Waals surface area contributed by atoms with E-state index in [1.165, 1.54) is 0 Å². The van der Waals surface area contributed by atoms with E-state index in [0.717, 1.165) is 12.8 Å². The first-order valence-electron chi connectivity index (χ1n) is 3.88. The van der Waals surface area contributed by atoms with Crippen molar-refractivity contribution in [3.05, 3.63) is 0 Å². The summed E-state index contributed by atoms with van der Waals surface area (Å²) in [6.07, 6.45) is 1.58. The first-order chi connectivity index (χ1) is 5.01. The van der Waals surface area contributed by atoms with Crippen molar-refractivity contribution < 1.29 is 14.6 Å². The maximum atomic E-state index is 10.5. The predicted molar refractivity (Wildman–Crippen MR) is 40.4 cm³/mol. The standard InChI is InChI=1S/C8H14O3/c1-8(2)4-3-6(5-11-8)7(9)10/h6H,3-5H2,1-2H3,(H,9,10)/t6-/m1/s1. The largest absolute Gasteiger partial charge is 0.481 e. The van der Waals surface area contributed by atoms with Gasteiger partial charge in [0.15, 0.2) is 0 Å². The molecule has 0 radical (unpaired) electrons. The summed E-state index contributed by atoms with van der Waals surface area (Å²) in [5.41, 5.74) is -0.119. The van der Waals surface area contributed by atoms with E-state index < -0.39 is 5.97 Å². The minimum absolute atomic E-state index is 0.119. The second kappa shape index (κ2) is 2.81. The van der Waals surface area contributed by atoms with Gasteiger partial charge in [-0.2, -0.15) is 0 Å². The minimum atomic E-state index is -0.736.